The van der Waals surface area contributed by atoms with Gasteiger partial charge in [0.2, 0.25) is 0 Å². The van der Waals surface area contributed by atoms with E-state index in [4.69, 9.17) is 26.4 Å². The number of carbonyl (C=O) groups is 4. The highest BCUT2D eigenvalue weighted by molar-refractivity contribution is 8.33. The fourth-order valence-corrected chi connectivity index (χ4v) is 5.91. The second kappa shape index (κ2) is 11.2. The molecule has 1 saturated heterocycles. The number of amides is 2. The molecule has 3 rings (SSSR count). The average Bonchev–Trinajstić information content (AvgIpc) is 2.84. The molecule has 2 amide bonds. The molecule has 0 spiro atoms. The Balaban J connectivity index is 1.89. The van der Waals surface area contributed by atoms with Crippen LogP contribution in [0.1, 0.15) is 13.3 Å². The standard InChI is InChI=1S/C21H22N2O8S3/c1-3-9-30-15-14(17(26)27)23-19(28)21(29-2,20(23)34-16(15)18(32)33-11-24)22-13(25)10-31-12-7-5-4-6-8-12/h4-8,11,16,20H,3,9-10H2,1-2H3,(H,22,25)(H,26,27)/t16?,20-,21?/m0/s1. The summed E-state index contributed by atoms with van der Waals surface area (Å²) in [6.45, 7) is 1.63. The minimum Gasteiger partial charge on any atom is -0.494 e. The van der Waals surface area contributed by atoms with Crippen LogP contribution in [0.15, 0.2) is 41.8 Å². The van der Waals surface area contributed by atoms with Gasteiger partial charge in [-0.2, -0.15) is 0 Å². The molecule has 2 N–H and O–H groups in total. The zero-order valence-corrected chi connectivity index (χ0v) is 20.7. The van der Waals surface area contributed by atoms with E-state index in [9.17, 15) is 24.3 Å². The highest BCUT2D eigenvalue weighted by atomic mass is 32.2. The summed E-state index contributed by atoms with van der Waals surface area (Å²) in [5.74, 6) is -2.38. The van der Waals surface area contributed by atoms with Crippen molar-refractivity contribution in [3.8, 4) is 5.75 Å². The number of carbonyl (C=O) groups excluding carboxylic acids is 3. The van der Waals surface area contributed by atoms with Gasteiger partial charge in [0.1, 0.15) is 22.1 Å². The molecule has 10 nitrogen and oxygen atoms in total. The first-order valence-electron chi connectivity index (χ1n) is 10.1. The molecule has 2 heterocycles. The van der Waals surface area contributed by atoms with E-state index in [1.54, 1.807) is 30.3 Å². The summed E-state index contributed by atoms with van der Waals surface area (Å²) < 4.78 is 16.7. The number of rotatable bonds is 11. The van der Waals surface area contributed by atoms with Crippen molar-refractivity contribution in [3.05, 3.63) is 41.8 Å². The lowest BCUT2D eigenvalue weighted by Gasteiger charge is -2.56. The number of para-hydroxylation sites is 1. The zero-order valence-electron chi connectivity index (χ0n) is 18.2. The van der Waals surface area contributed by atoms with Crippen molar-refractivity contribution in [1.82, 2.24) is 10.2 Å². The van der Waals surface area contributed by atoms with E-state index < -0.39 is 46.4 Å². The molecule has 1 aromatic carbocycles. The largest absolute Gasteiger partial charge is 0.494 e. The van der Waals surface area contributed by atoms with E-state index in [0.717, 1.165) is 16.7 Å². The Morgan fingerprint density at radius 1 is 1.32 bits per heavy atom. The Labute approximate surface area is 209 Å². The van der Waals surface area contributed by atoms with Crippen LogP contribution < -0.4 is 10.1 Å². The van der Waals surface area contributed by atoms with Crippen LogP contribution in [0.5, 0.6) is 5.75 Å². The predicted octanol–water partition coefficient (Wildman–Crippen LogP) is 1.78. The van der Waals surface area contributed by atoms with E-state index in [1.165, 1.54) is 7.11 Å². The molecule has 0 aliphatic carbocycles. The molecule has 2 aliphatic heterocycles. The van der Waals surface area contributed by atoms with Crippen LogP contribution in [0.2, 0.25) is 0 Å². The summed E-state index contributed by atoms with van der Waals surface area (Å²) in [5.41, 5.74) is -1.72. The maximum atomic E-state index is 13.2. The first-order valence-corrected chi connectivity index (χ1v) is 12.3. The van der Waals surface area contributed by atoms with Crippen molar-refractivity contribution in [2.75, 3.05) is 20.3 Å². The topological polar surface area (TPSA) is 131 Å². The molecule has 13 heteroatoms. The first kappa shape index (κ1) is 26.0. The van der Waals surface area contributed by atoms with Gasteiger partial charge in [-0.1, -0.05) is 37.3 Å². The fraction of sp³-hybridized carbons (Fsp3) is 0.381. The number of β-lactam (4-membered cyclic amide) rings is 1. The third-order valence-corrected chi connectivity index (χ3v) is 7.81. The van der Waals surface area contributed by atoms with Crippen LogP contribution in [0.3, 0.4) is 0 Å². The number of methoxy groups -OCH3 is 1. The number of carboxylic acids is 1. The highest BCUT2D eigenvalue weighted by Crippen LogP contribution is 2.50. The maximum absolute atomic E-state index is 13.2. The van der Waals surface area contributed by atoms with Crippen molar-refractivity contribution >= 4 is 63.3 Å². The average molecular weight is 527 g/mol. The third-order valence-electron chi connectivity index (χ3n) is 4.90. The van der Waals surface area contributed by atoms with Gasteiger partial charge in [0, 0.05) is 7.11 Å². The number of thioether (sulfide) groups is 2. The van der Waals surface area contributed by atoms with Crippen molar-refractivity contribution in [1.29, 1.82) is 0 Å². The van der Waals surface area contributed by atoms with Crippen molar-refractivity contribution < 1.29 is 38.5 Å². The Morgan fingerprint density at radius 2 is 2.03 bits per heavy atom. The second-order valence-electron chi connectivity index (χ2n) is 7.03. The Hall–Kier alpha value is -2.61. The summed E-state index contributed by atoms with van der Waals surface area (Å²) in [6, 6.07) is 8.63. The van der Waals surface area contributed by atoms with Gasteiger partial charge < -0.3 is 24.6 Å². The van der Waals surface area contributed by atoms with E-state index in [2.05, 4.69) is 5.32 Å². The second-order valence-corrected chi connectivity index (χ2v) is 9.79. The number of fused-ring (bicyclic) bond motifs is 1. The quantitative estimate of drug-likeness (QED) is 0.189. The molecule has 0 radical (unpaired) electrons. The molecule has 3 atom stereocenters. The number of aliphatic carboxylic acids is 1. The fourth-order valence-electron chi connectivity index (χ4n) is 3.42. The number of carboxylic acid groups (broad SMARTS) is 1. The Kier molecular flexibility index (Phi) is 8.57. The molecular weight excluding hydrogens is 504 g/mol. The minimum atomic E-state index is -1.85. The lowest BCUT2D eigenvalue weighted by molar-refractivity contribution is -0.193. The van der Waals surface area contributed by atoms with E-state index in [1.807, 2.05) is 6.92 Å². The van der Waals surface area contributed by atoms with Gasteiger partial charge >= 0.3 is 5.97 Å². The number of nitrogens with zero attached hydrogens (tertiary/aromatic N) is 1. The summed E-state index contributed by atoms with van der Waals surface area (Å²) in [6.07, 6.45) is 0.582. The van der Waals surface area contributed by atoms with Gasteiger partial charge in [-0.25, -0.2) is 4.79 Å². The molecular formula is C21H22N2O8S3. The van der Waals surface area contributed by atoms with Gasteiger partial charge in [-0.15, -0.1) is 11.8 Å². The molecule has 34 heavy (non-hydrogen) atoms. The molecule has 1 fully saturated rings. The van der Waals surface area contributed by atoms with Gasteiger partial charge in [-0.05, 0) is 30.3 Å². The molecule has 2 aliphatic rings. The predicted molar refractivity (Wildman–Crippen MR) is 130 cm³/mol. The number of benzene rings is 1. The number of hydrogen-bond acceptors (Lipinski definition) is 10. The maximum Gasteiger partial charge on any atom is 0.356 e. The summed E-state index contributed by atoms with van der Waals surface area (Å²) in [5, 5.41) is 10.6. The SMILES string of the molecule is CCCOC1=C(C(=O)O)N2C(=O)C(NC(=O)COc3ccccc3)(OC)[C@@H]2SC1C(=S)SC=O. The van der Waals surface area contributed by atoms with Crippen molar-refractivity contribution in [2.45, 2.75) is 29.7 Å². The number of hydrogen-bond donors (Lipinski definition) is 2. The van der Waals surface area contributed by atoms with Gasteiger partial charge in [0.05, 0.1) is 10.8 Å². The number of nitrogens with one attached hydrogen (secondary N) is 1. The van der Waals surface area contributed by atoms with Crippen LogP contribution in [0.4, 0.5) is 0 Å². The molecule has 0 saturated carbocycles. The summed E-state index contributed by atoms with van der Waals surface area (Å²) >= 11 is 7.11. The Morgan fingerprint density at radius 3 is 2.62 bits per heavy atom. The smallest absolute Gasteiger partial charge is 0.356 e. The van der Waals surface area contributed by atoms with Gasteiger partial charge in [0.25, 0.3) is 17.5 Å². The summed E-state index contributed by atoms with van der Waals surface area (Å²) in [4.78, 5) is 50.0. The minimum absolute atomic E-state index is 0.0215. The lowest BCUT2D eigenvalue weighted by atomic mass is 9.99. The molecule has 182 valence electrons. The molecule has 1 aromatic rings. The van der Waals surface area contributed by atoms with E-state index in [-0.39, 0.29) is 16.6 Å². The number of thiocarbonyl (C=S) groups is 1. The van der Waals surface area contributed by atoms with Crippen molar-refractivity contribution in [3.63, 3.8) is 0 Å². The van der Waals surface area contributed by atoms with Crippen LogP contribution in [0.25, 0.3) is 0 Å². The van der Waals surface area contributed by atoms with Crippen LogP contribution in [0, 0.1) is 0 Å². The van der Waals surface area contributed by atoms with Crippen molar-refractivity contribution in [2.24, 2.45) is 0 Å². The Bertz CT molecular complexity index is 1020. The van der Waals surface area contributed by atoms with Gasteiger partial charge in [-0.3, -0.25) is 19.3 Å². The zero-order chi connectivity index (χ0) is 24.9. The molecule has 2 unspecified atom stereocenters. The van der Waals surface area contributed by atoms with Crippen LogP contribution in [-0.2, 0) is 28.7 Å². The third kappa shape index (κ3) is 4.92. The monoisotopic (exact) mass is 526 g/mol. The van der Waals surface area contributed by atoms with E-state index >= 15 is 0 Å². The summed E-state index contributed by atoms with van der Waals surface area (Å²) in [7, 11) is 1.23. The normalized spacial score (nSPS) is 23.5. The van der Waals surface area contributed by atoms with E-state index in [0.29, 0.717) is 29.6 Å². The molecule has 0 bridgehead atoms. The van der Waals surface area contributed by atoms with Gasteiger partial charge in [0.15, 0.2) is 17.9 Å². The van der Waals surface area contributed by atoms with Crippen LogP contribution >= 0.6 is 35.7 Å². The first-order chi connectivity index (χ1) is 16.3. The van der Waals surface area contributed by atoms with Crippen LogP contribution in [-0.4, -0.2) is 74.3 Å². The molecule has 0 aromatic heterocycles. The highest BCUT2D eigenvalue weighted by Gasteiger charge is 2.68. The lowest BCUT2D eigenvalue weighted by Crippen LogP contribution is -2.81. The number of ether oxygens (including phenoxy) is 3.